The van der Waals surface area contributed by atoms with E-state index in [1.807, 2.05) is 6.20 Å². The molecule has 0 bridgehead atoms. The van der Waals surface area contributed by atoms with Crippen LogP contribution in [0.15, 0.2) is 11.0 Å². The summed E-state index contributed by atoms with van der Waals surface area (Å²) in [5.74, 6) is 1.37. The zero-order valence-corrected chi connectivity index (χ0v) is 14.8. The molecule has 0 aromatic carbocycles. The van der Waals surface area contributed by atoms with E-state index in [2.05, 4.69) is 15.2 Å². The summed E-state index contributed by atoms with van der Waals surface area (Å²) in [6.45, 7) is 3.81. The lowest BCUT2D eigenvalue weighted by Crippen LogP contribution is -2.45. The Hall–Kier alpha value is -1.60. The molecule has 7 heteroatoms. The second kappa shape index (κ2) is 7.33. The van der Waals surface area contributed by atoms with Crippen LogP contribution in [0.4, 0.5) is 5.82 Å². The van der Waals surface area contributed by atoms with Crippen LogP contribution < -0.4 is 21.5 Å². The number of hydrogen-bond donors (Lipinski definition) is 2. The summed E-state index contributed by atoms with van der Waals surface area (Å²) in [7, 11) is 0. The minimum absolute atomic E-state index is 0.162. The quantitative estimate of drug-likeness (QED) is 0.855. The van der Waals surface area contributed by atoms with E-state index in [0.29, 0.717) is 11.9 Å². The lowest BCUT2D eigenvalue weighted by atomic mass is 9.91. The third kappa shape index (κ3) is 3.53. The monoisotopic (exact) mass is 347 g/mol. The van der Waals surface area contributed by atoms with Crippen LogP contribution in [-0.2, 0) is 0 Å². The van der Waals surface area contributed by atoms with Crippen LogP contribution >= 0.6 is 0 Å². The molecule has 3 aliphatic rings. The maximum atomic E-state index is 12.5. The van der Waals surface area contributed by atoms with Gasteiger partial charge in [0.2, 0.25) is 0 Å². The Balaban J connectivity index is 1.48. The minimum Gasteiger partial charge on any atom is -0.483 e. The van der Waals surface area contributed by atoms with Gasteiger partial charge in [0.15, 0.2) is 11.6 Å². The van der Waals surface area contributed by atoms with Crippen molar-refractivity contribution in [2.24, 2.45) is 5.73 Å². The van der Waals surface area contributed by atoms with Gasteiger partial charge in [0.1, 0.15) is 6.10 Å². The van der Waals surface area contributed by atoms with Gasteiger partial charge < -0.3 is 20.7 Å². The van der Waals surface area contributed by atoms with Gasteiger partial charge in [0.25, 0.3) is 0 Å². The number of likely N-dealkylation sites (tertiary alicyclic amines) is 1. The number of nitrogens with one attached hydrogen (secondary N) is 1. The highest BCUT2D eigenvalue weighted by molar-refractivity contribution is 5.51. The number of fused-ring (bicyclic) bond motifs is 2. The average molecular weight is 347 g/mol. The number of rotatable bonds is 4. The topological polar surface area (TPSA) is 85.4 Å². The summed E-state index contributed by atoms with van der Waals surface area (Å²) in [6, 6.07) is 0.516. The van der Waals surface area contributed by atoms with Crippen LogP contribution in [0.5, 0.6) is 5.75 Å². The number of aromatic nitrogens is 2. The molecular formula is C18H29N5O2. The molecule has 25 heavy (non-hydrogen) atoms. The summed E-state index contributed by atoms with van der Waals surface area (Å²) in [4.78, 5) is 19.3. The Labute approximate surface area is 148 Å². The molecule has 1 aliphatic carbocycles. The Morgan fingerprint density at radius 3 is 2.84 bits per heavy atom. The van der Waals surface area contributed by atoms with Gasteiger partial charge in [-0.1, -0.05) is 6.42 Å². The van der Waals surface area contributed by atoms with E-state index >= 15 is 0 Å². The lowest BCUT2D eigenvalue weighted by molar-refractivity contribution is 0.126. The second-order valence-electron chi connectivity index (χ2n) is 7.55. The number of piperidine rings is 1. The first-order chi connectivity index (χ1) is 12.2. The highest BCUT2D eigenvalue weighted by Crippen LogP contribution is 2.35. The van der Waals surface area contributed by atoms with Crippen LogP contribution in [0, 0.1) is 0 Å². The number of anilines is 1. The van der Waals surface area contributed by atoms with Crippen molar-refractivity contribution in [3.8, 4) is 5.75 Å². The number of ether oxygens (including phenoxy) is 1. The zero-order valence-electron chi connectivity index (χ0n) is 14.8. The summed E-state index contributed by atoms with van der Waals surface area (Å²) in [5.41, 5.74) is 5.43. The molecule has 1 saturated carbocycles. The van der Waals surface area contributed by atoms with Crippen LogP contribution in [0.2, 0.25) is 0 Å². The Morgan fingerprint density at radius 1 is 1.24 bits per heavy atom. The van der Waals surface area contributed by atoms with Crippen LogP contribution in [0.1, 0.15) is 51.0 Å². The van der Waals surface area contributed by atoms with Crippen molar-refractivity contribution < 1.29 is 4.74 Å². The third-order valence-electron chi connectivity index (χ3n) is 5.85. The molecule has 138 valence electrons. The van der Waals surface area contributed by atoms with Crippen molar-refractivity contribution in [2.45, 2.75) is 63.1 Å². The summed E-state index contributed by atoms with van der Waals surface area (Å²) in [6.07, 6.45) is 9.70. The van der Waals surface area contributed by atoms with Crippen LogP contribution in [-0.4, -0.2) is 52.8 Å². The smallest absolute Gasteiger partial charge is 0.350 e. The molecule has 0 unspecified atom stereocenters. The number of hydrogen-bond acceptors (Lipinski definition) is 6. The molecule has 1 saturated heterocycles. The lowest BCUT2D eigenvalue weighted by Gasteiger charge is -2.38. The van der Waals surface area contributed by atoms with E-state index in [0.717, 1.165) is 64.0 Å². The van der Waals surface area contributed by atoms with Crippen LogP contribution in [0.25, 0.3) is 0 Å². The fraction of sp³-hybridized carbons (Fsp3) is 0.778. The van der Waals surface area contributed by atoms with E-state index in [-0.39, 0.29) is 17.8 Å². The van der Waals surface area contributed by atoms with Crippen molar-refractivity contribution in [3.63, 3.8) is 0 Å². The fourth-order valence-electron chi connectivity index (χ4n) is 4.38. The van der Waals surface area contributed by atoms with Gasteiger partial charge in [0.05, 0.1) is 12.2 Å². The predicted molar refractivity (Wildman–Crippen MR) is 97.2 cm³/mol. The van der Waals surface area contributed by atoms with Crippen molar-refractivity contribution in [3.05, 3.63) is 16.7 Å². The molecule has 2 fully saturated rings. The van der Waals surface area contributed by atoms with Gasteiger partial charge in [-0.25, -0.2) is 4.79 Å². The number of nitrogens with two attached hydrogens (primary N) is 1. The predicted octanol–water partition coefficient (Wildman–Crippen LogP) is 1.34. The van der Waals surface area contributed by atoms with E-state index in [1.165, 1.54) is 12.8 Å². The molecular weight excluding hydrogens is 318 g/mol. The maximum absolute atomic E-state index is 12.5. The summed E-state index contributed by atoms with van der Waals surface area (Å²) in [5, 5.41) is 3.43. The first-order valence-electron chi connectivity index (χ1n) is 9.73. The molecule has 1 aromatic heterocycles. The van der Waals surface area contributed by atoms with Crippen molar-refractivity contribution >= 4 is 5.82 Å². The maximum Gasteiger partial charge on any atom is 0.350 e. The van der Waals surface area contributed by atoms with Gasteiger partial charge in [-0.05, 0) is 51.6 Å². The Kier molecular flexibility index (Phi) is 4.94. The zero-order chi connectivity index (χ0) is 17.2. The van der Waals surface area contributed by atoms with E-state index in [4.69, 9.17) is 10.5 Å². The molecule has 4 rings (SSSR count). The van der Waals surface area contributed by atoms with Gasteiger partial charge in [-0.3, -0.25) is 4.57 Å². The first-order valence-corrected chi connectivity index (χ1v) is 9.73. The third-order valence-corrected chi connectivity index (χ3v) is 5.85. The van der Waals surface area contributed by atoms with E-state index < -0.39 is 0 Å². The Morgan fingerprint density at radius 2 is 2.04 bits per heavy atom. The Bertz CT molecular complexity index is 653. The molecule has 3 heterocycles. The van der Waals surface area contributed by atoms with Crippen LogP contribution in [0.3, 0.4) is 0 Å². The molecule has 0 spiro atoms. The normalized spacial score (nSPS) is 27.1. The highest BCUT2D eigenvalue weighted by atomic mass is 16.5. The van der Waals surface area contributed by atoms with Gasteiger partial charge in [0, 0.05) is 19.1 Å². The SMILES string of the molecule is NCCCN1CCC(n2cc3c(nc2=O)N[C@@H]2CCCC[C@H]2O3)CC1. The van der Waals surface area contributed by atoms with E-state index in [9.17, 15) is 4.79 Å². The van der Waals surface area contributed by atoms with Crippen molar-refractivity contribution in [1.29, 1.82) is 0 Å². The van der Waals surface area contributed by atoms with Gasteiger partial charge in [-0.15, -0.1) is 0 Å². The van der Waals surface area contributed by atoms with Crippen molar-refractivity contribution in [2.75, 3.05) is 31.5 Å². The van der Waals surface area contributed by atoms with Gasteiger partial charge in [-0.2, -0.15) is 4.98 Å². The molecule has 1 aromatic rings. The second-order valence-corrected chi connectivity index (χ2v) is 7.55. The molecule has 3 N–H and O–H groups in total. The average Bonchev–Trinajstić information content (AvgIpc) is 2.65. The van der Waals surface area contributed by atoms with Crippen molar-refractivity contribution in [1.82, 2.24) is 14.5 Å². The summed E-state index contributed by atoms with van der Waals surface area (Å²) >= 11 is 0. The largest absolute Gasteiger partial charge is 0.483 e. The molecule has 7 nitrogen and oxygen atoms in total. The minimum atomic E-state index is -0.162. The molecule has 2 aliphatic heterocycles. The highest BCUT2D eigenvalue weighted by Gasteiger charge is 2.33. The van der Waals surface area contributed by atoms with Gasteiger partial charge >= 0.3 is 5.69 Å². The number of nitrogens with zero attached hydrogens (tertiary/aromatic N) is 3. The fourth-order valence-corrected chi connectivity index (χ4v) is 4.38. The summed E-state index contributed by atoms with van der Waals surface area (Å²) < 4.78 is 7.98. The molecule has 0 amide bonds. The first kappa shape index (κ1) is 16.8. The molecule has 2 atom stereocenters. The molecule has 0 radical (unpaired) electrons. The van der Waals surface area contributed by atoms with E-state index in [1.54, 1.807) is 4.57 Å². The standard InChI is InChI=1S/C18H29N5O2/c19-8-3-9-22-10-6-13(7-11-22)23-12-16-17(21-18(23)24)20-14-4-1-2-5-15(14)25-16/h12-15H,1-11,19H2,(H,20,21,24)/t14-,15-/m1/s1.